The number of fused-ring (bicyclic) bond motifs is 1. The first-order chi connectivity index (χ1) is 12.9. The molecule has 4 rings (SSSR count). The van der Waals surface area contributed by atoms with Crippen molar-refractivity contribution in [2.24, 2.45) is 0 Å². The molecule has 0 aliphatic carbocycles. The van der Waals surface area contributed by atoms with E-state index in [4.69, 9.17) is 11.6 Å². The molecule has 1 atom stereocenters. The molecule has 1 amide bonds. The third-order valence-electron chi connectivity index (χ3n) is 4.65. The molecule has 27 heavy (non-hydrogen) atoms. The maximum atomic E-state index is 13.1. The molecule has 0 radical (unpaired) electrons. The van der Waals surface area contributed by atoms with Gasteiger partial charge in [-0.15, -0.1) is 11.3 Å². The molecule has 138 valence electrons. The number of halogens is 1. The quantitative estimate of drug-likeness (QED) is 0.651. The van der Waals surface area contributed by atoms with Gasteiger partial charge in [0.1, 0.15) is 4.90 Å². The lowest BCUT2D eigenvalue weighted by atomic mass is 9.91. The summed E-state index contributed by atoms with van der Waals surface area (Å²) in [6, 6.07) is 14.0. The Hall–Kier alpha value is -2.15. The summed E-state index contributed by atoms with van der Waals surface area (Å²) >= 11 is 7.33. The third kappa shape index (κ3) is 3.29. The van der Waals surface area contributed by atoms with E-state index in [2.05, 4.69) is 5.32 Å². The van der Waals surface area contributed by atoms with Crippen LogP contribution in [-0.4, -0.2) is 14.3 Å². The van der Waals surface area contributed by atoms with Gasteiger partial charge in [0.25, 0.3) is 0 Å². The fourth-order valence-corrected chi connectivity index (χ4v) is 6.24. The summed E-state index contributed by atoms with van der Waals surface area (Å²) in [4.78, 5) is 13.5. The molecule has 7 heteroatoms. The van der Waals surface area contributed by atoms with Crippen molar-refractivity contribution in [2.45, 2.75) is 29.1 Å². The molecule has 1 N–H and O–H groups in total. The van der Waals surface area contributed by atoms with Crippen molar-refractivity contribution in [3.8, 4) is 0 Å². The number of hydrogen-bond donors (Lipinski definition) is 1. The van der Waals surface area contributed by atoms with E-state index in [-0.39, 0.29) is 28.0 Å². The molecule has 2 heterocycles. The van der Waals surface area contributed by atoms with Gasteiger partial charge in [0, 0.05) is 27.6 Å². The average Bonchev–Trinajstić information content (AvgIpc) is 3.06. The van der Waals surface area contributed by atoms with Crippen molar-refractivity contribution >= 4 is 44.4 Å². The maximum Gasteiger partial charge on any atom is 0.225 e. The van der Waals surface area contributed by atoms with Crippen molar-refractivity contribution in [2.75, 3.05) is 5.32 Å². The van der Waals surface area contributed by atoms with E-state index in [1.54, 1.807) is 41.8 Å². The normalized spacial score (nSPS) is 16.7. The smallest absolute Gasteiger partial charge is 0.225 e. The fraction of sp³-hybridized carbons (Fsp3) is 0.150. The number of sulfone groups is 1. The fourth-order valence-electron chi connectivity index (χ4n) is 3.21. The molecule has 4 nitrogen and oxygen atoms in total. The van der Waals surface area contributed by atoms with E-state index in [1.165, 1.54) is 11.3 Å². The Labute approximate surface area is 166 Å². The highest BCUT2D eigenvalue weighted by Crippen LogP contribution is 2.45. The monoisotopic (exact) mass is 417 g/mol. The Bertz CT molecular complexity index is 1120. The van der Waals surface area contributed by atoms with Crippen molar-refractivity contribution in [3.63, 3.8) is 0 Å². The van der Waals surface area contributed by atoms with Gasteiger partial charge in [-0.3, -0.25) is 4.79 Å². The van der Waals surface area contributed by atoms with Gasteiger partial charge >= 0.3 is 0 Å². The van der Waals surface area contributed by atoms with Crippen LogP contribution in [0.25, 0.3) is 0 Å². The minimum absolute atomic E-state index is 0.151. The zero-order valence-corrected chi connectivity index (χ0v) is 16.8. The van der Waals surface area contributed by atoms with Gasteiger partial charge in [0.15, 0.2) is 0 Å². The largest absolute Gasteiger partial charge is 0.324 e. The number of rotatable bonds is 3. The zero-order valence-electron chi connectivity index (χ0n) is 14.4. The summed E-state index contributed by atoms with van der Waals surface area (Å²) < 4.78 is 26.2. The second-order valence-electron chi connectivity index (χ2n) is 6.51. The van der Waals surface area contributed by atoms with E-state index >= 15 is 0 Å². The first-order valence-electron chi connectivity index (χ1n) is 8.35. The summed E-state index contributed by atoms with van der Waals surface area (Å²) in [5.74, 6) is -0.376. The number of benzene rings is 2. The molecule has 1 unspecified atom stereocenters. The topological polar surface area (TPSA) is 63.2 Å². The molecular formula is C20H16ClNO3S2. The summed E-state index contributed by atoms with van der Waals surface area (Å²) in [7, 11) is -3.72. The highest BCUT2D eigenvalue weighted by molar-refractivity contribution is 7.91. The summed E-state index contributed by atoms with van der Waals surface area (Å²) in [6.45, 7) is 1.90. The molecule has 0 bridgehead atoms. The molecule has 0 saturated carbocycles. The Balaban J connectivity index is 1.82. The molecule has 1 aromatic heterocycles. The number of nitrogens with one attached hydrogen (secondary N) is 1. The van der Waals surface area contributed by atoms with Crippen LogP contribution in [0.15, 0.2) is 63.7 Å². The third-order valence-corrected chi connectivity index (χ3v) is 7.94. The molecule has 3 aromatic rings. The van der Waals surface area contributed by atoms with Gasteiger partial charge < -0.3 is 5.32 Å². The van der Waals surface area contributed by atoms with Crippen LogP contribution >= 0.6 is 22.9 Å². The summed E-state index contributed by atoms with van der Waals surface area (Å²) in [5, 5.41) is 5.01. The predicted molar refractivity (Wildman–Crippen MR) is 107 cm³/mol. The van der Waals surface area contributed by atoms with Crippen LogP contribution in [-0.2, 0) is 14.6 Å². The van der Waals surface area contributed by atoms with Crippen molar-refractivity contribution in [3.05, 3.63) is 74.9 Å². The van der Waals surface area contributed by atoms with Crippen molar-refractivity contribution < 1.29 is 13.2 Å². The van der Waals surface area contributed by atoms with Crippen molar-refractivity contribution in [1.29, 1.82) is 0 Å². The highest BCUT2D eigenvalue weighted by Gasteiger charge is 2.34. The molecule has 0 saturated heterocycles. The van der Waals surface area contributed by atoms with Crippen LogP contribution in [0.1, 0.15) is 28.3 Å². The van der Waals surface area contributed by atoms with Gasteiger partial charge in [-0.2, -0.15) is 0 Å². The molecule has 1 aliphatic heterocycles. The zero-order chi connectivity index (χ0) is 19.2. The van der Waals surface area contributed by atoms with Crippen LogP contribution < -0.4 is 5.32 Å². The number of carbonyl (C=O) groups excluding carboxylic acids is 1. The molecular weight excluding hydrogens is 402 g/mol. The van der Waals surface area contributed by atoms with Gasteiger partial charge in [0.05, 0.1) is 10.6 Å². The first kappa shape index (κ1) is 18.2. The number of hydrogen-bond acceptors (Lipinski definition) is 4. The molecule has 0 spiro atoms. The van der Waals surface area contributed by atoms with Crippen LogP contribution in [0.5, 0.6) is 0 Å². The minimum Gasteiger partial charge on any atom is -0.324 e. The lowest BCUT2D eigenvalue weighted by molar-refractivity contribution is -0.116. The van der Waals surface area contributed by atoms with Gasteiger partial charge in [-0.1, -0.05) is 41.4 Å². The Morgan fingerprint density at radius 2 is 1.74 bits per heavy atom. The minimum atomic E-state index is -3.72. The molecule has 0 fully saturated rings. The summed E-state index contributed by atoms with van der Waals surface area (Å²) in [6.07, 6.45) is 0.277. The number of amides is 1. The van der Waals surface area contributed by atoms with E-state index < -0.39 is 9.84 Å². The van der Waals surface area contributed by atoms with Crippen molar-refractivity contribution in [1.82, 2.24) is 0 Å². The maximum absolute atomic E-state index is 13.1. The number of thiophene rings is 1. The van der Waals surface area contributed by atoms with Crippen LogP contribution in [0.3, 0.4) is 0 Å². The second kappa shape index (κ2) is 6.78. The van der Waals surface area contributed by atoms with E-state index in [0.29, 0.717) is 10.7 Å². The van der Waals surface area contributed by atoms with Gasteiger partial charge in [-0.25, -0.2) is 8.42 Å². The van der Waals surface area contributed by atoms with Gasteiger partial charge in [-0.05, 0) is 36.8 Å². The standard InChI is InChI=1S/C20H16ClNO3S2/c1-12-2-8-15(9-3-12)27(24,25)17-11-26-20-16(10-18(23)22-19(17)20)13-4-6-14(21)7-5-13/h2-9,11,16H,10H2,1H3,(H,22,23). The molecule has 1 aliphatic rings. The Morgan fingerprint density at radius 3 is 2.41 bits per heavy atom. The highest BCUT2D eigenvalue weighted by atomic mass is 35.5. The Kier molecular flexibility index (Phi) is 4.58. The van der Waals surface area contributed by atoms with E-state index in [0.717, 1.165) is 16.0 Å². The lowest BCUT2D eigenvalue weighted by Crippen LogP contribution is -2.23. The molecule has 2 aromatic carbocycles. The Morgan fingerprint density at radius 1 is 1.07 bits per heavy atom. The first-order valence-corrected chi connectivity index (χ1v) is 11.1. The predicted octanol–water partition coefficient (Wildman–Crippen LogP) is 5.02. The number of aryl methyl sites for hydroxylation is 1. The number of anilines is 1. The van der Waals surface area contributed by atoms with Crippen LogP contribution in [0.2, 0.25) is 5.02 Å². The van der Waals surface area contributed by atoms with Crippen LogP contribution in [0.4, 0.5) is 5.69 Å². The lowest BCUT2D eigenvalue weighted by Gasteiger charge is -2.23. The van der Waals surface area contributed by atoms with Gasteiger partial charge in [0.2, 0.25) is 15.7 Å². The van der Waals surface area contributed by atoms with E-state index in [9.17, 15) is 13.2 Å². The summed E-state index contributed by atoms with van der Waals surface area (Å²) in [5.41, 5.74) is 2.32. The van der Waals surface area contributed by atoms with E-state index in [1.807, 2.05) is 19.1 Å². The SMILES string of the molecule is Cc1ccc(S(=O)(=O)c2csc3c2NC(=O)CC3c2ccc(Cl)cc2)cc1. The number of carbonyl (C=O) groups is 1. The second-order valence-corrected chi connectivity index (χ2v) is 9.78. The average molecular weight is 418 g/mol. The van der Waals surface area contributed by atoms with Crippen LogP contribution in [0, 0.1) is 6.92 Å².